The molecule has 1 rings (SSSR count). The number of amidine groups is 1. The first kappa shape index (κ1) is 23.7. The predicted molar refractivity (Wildman–Crippen MR) is 98.0 cm³/mol. The maximum absolute atomic E-state index is 12.2. The monoisotopic (exact) mass is 457 g/mol. The van der Waals surface area contributed by atoms with Gasteiger partial charge in [-0.1, -0.05) is 5.16 Å². The summed E-state index contributed by atoms with van der Waals surface area (Å²) >= 11 is 6.03. The number of alkyl halides is 1. The van der Waals surface area contributed by atoms with Crippen LogP contribution in [0.1, 0.15) is 6.92 Å². The fraction of sp³-hybridized carbons (Fsp3) is 0.417. The van der Waals surface area contributed by atoms with Gasteiger partial charge in [0.15, 0.2) is 0 Å². The standard InChI is InChI=1S/C12H16ClN5O8S2/c1-6(19)14-3-4-27-12-8(11(22)18(12)28(23,24)25)16-10(21)9(17-26-2)15-7(20)5-13/h3-4,8,12H,5H2,1-2H3,(H,14,19)(H,16,21)(H,15,17,20)(H,23,24,25)/b4-3-/t8-,12-/m1/s1. The Morgan fingerprint density at radius 1 is 1.43 bits per heavy atom. The van der Waals surface area contributed by atoms with Crippen LogP contribution in [0, 0.1) is 0 Å². The molecule has 0 aromatic heterocycles. The molecule has 28 heavy (non-hydrogen) atoms. The van der Waals surface area contributed by atoms with E-state index in [2.05, 4.69) is 20.6 Å². The molecule has 2 atom stereocenters. The van der Waals surface area contributed by atoms with Crippen molar-refractivity contribution in [3.63, 3.8) is 0 Å². The van der Waals surface area contributed by atoms with E-state index < -0.39 is 57.1 Å². The van der Waals surface area contributed by atoms with E-state index >= 15 is 0 Å². The first-order valence-corrected chi connectivity index (χ1v) is 10.1. The second-order valence-corrected chi connectivity index (χ2v) is 7.48. The maximum Gasteiger partial charge on any atom is 0.363 e. The number of β-lactam (4-membered cyclic amide) rings is 1. The van der Waals surface area contributed by atoms with Crippen molar-refractivity contribution in [3.05, 3.63) is 11.6 Å². The van der Waals surface area contributed by atoms with Crippen molar-refractivity contribution in [2.24, 2.45) is 5.16 Å². The van der Waals surface area contributed by atoms with Gasteiger partial charge in [0.2, 0.25) is 17.6 Å². The summed E-state index contributed by atoms with van der Waals surface area (Å²) < 4.78 is 32.0. The zero-order chi connectivity index (χ0) is 21.5. The lowest BCUT2D eigenvalue weighted by atomic mass is 10.1. The summed E-state index contributed by atoms with van der Waals surface area (Å²) in [6.07, 6.45) is 1.18. The normalized spacial score (nSPS) is 19.8. The average molecular weight is 458 g/mol. The van der Waals surface area contributed by atoms with Crippen molar-refractivity contribution >= 4 is 63.1 Å². The van der Waals surface area contributed by atoms with E-state index in [0.29, 0.717) is 11.8 Å². The lowest BCUT2D eigenvalue weighted by Crippen LogP contribution is -2.71. The molecular formula is C12H16ClN5O8S2. The molecule has 13 nitrogen and oxygen atoms in total. The minimum atomic E-state index is -4.89. The van der Waals surface area contributed by atoms with Crippen molar-refractivity contribution in [1.82, 2.24) is 20.3 Å². The number of halogens is 1. The smallest absolute Gasteiger partial charge is 0.363 e. The summed E-state index contributed by atoms with van der Waals surface area (Å²) in [4.78, 5) is 50.8. The third kappa shape index (κ3) is 6.36. The zero-order valence-electron chi connectivity index (χ0n) is 14.4. The second kappa shape index (κ2) is 10.3. The van der Waals surface area contributed by atoms with Crippen LogP contribution >= 0.6 is 23.4 Å². The van der Waals surface area contributed by atoms with E-state index in [1.807, 2.05) is 5.32 Å². The molecule has 0 saturated carbocycles. The number of thioether (sulfide) groups is 1. The molecule has 156 valence electrons. The fourth-order valence-electron chi connectivity index (χ4n) is 1.81. The van der Waals surface area contributed by atoms with E-state index in [4.69, 9.17) is 16.2 Å². The highest BCUT2D eigenvalue weighted by Crippen LogP contribution is 2.32. The lowest BCUT2D eigenvalue weighted by Gasteiger charge is -2.42. The Morgan fingerprint density at radius 3 is 2.57 bits per heavy atom. The Morgan fingerprint density at radius 2 is 2.07 bits per heavy atom. The Bertz CT molecular complexity index is 815. The molecule has 1 saturated heterocycles. The number of oxime groups is 1. The summed E-state index contributed by atoms with van der Waals surface area (Å²) in [6, 6.07) is -1.39. The largest absolute Gasteiger partial charge is 0.397 e. The van der Waals surface area contributed by atoms with E-state index in [1.54, 1.807) is 0 Å². The van der Waals surface area contributed by atoms with Gasteiger partial charge in [0.05, 0.1) is 0 Å². The summed E-state index contributed by atoms with van der Waals surface area (Å²) in [6.45, 7) is 1.24. The SMILES string of the molecule is CO/N=C(/NC(=O)CCl)C(=O)N[C@@H]1C(=O)N(S(=O)(=O)O)[C@@H]1S/C=C\NC(C)=O. The minimum Gasteiger partial charge on any atom is -0.397 e. The molecule has 0 unspecified atom stereocenters. The van der Waals surface area contributed by atoms with Crippen LogP contribution in [-0.2, 0) is 34.3 Å². The molecule has 0 aliphatic carbocycles. The van der Waals surface area contributed by atoms with Gasteiger partial charge in [-0.3, -0.25) is 23.7 Å². The van der Waals surface area contributed by atoms with Crippen LogP contribution in [0.5, 0.6) is 0 Å². The maximum atomic E-state index is 12.2. The molecule has 4 N–H and O–H groups in total. The zero-order valence-corrected chi connectivity index (χ0v) is 16.8. The number of hydrogen-bond donors (Lipinski definition) is 4. The third-order valence-electron chi connectivity index (χ3n) is 2.88. The van der Waals surface area contributed by atoms with Gasteiger partial charge in [0.25, 0.3) is 11.8 Å². The van der Waals surface area contributed by atoms with Crippen molar-refractivity contribution < 1.29 is 37.0 Å². The third-order valence-corrected chi connectivity index (χ3v) is 5.22. The first-order chi connectivity index (χ1) is 13.0. The first-order valence-electron chi connectivity index (χ1n) is 7.19. The number of hydrogen-bond acceptors (Lipinski definition) is 9. The Kier molecular flexibility index (Phi) is 8.67. The summed E-state index contributed by atoms with van der Waals surface area (Å²) in [7, 11) is -3.79. The number of carbonyl (C=O) groups excluding carboxylic acids is 4. The van der Waals surface area contributed by atoms with Gasteiger partial charge in [0, 0.05) is 13.1 Å². The lowest BCUT2D eigenvalue weighted by molar-refractivity contribution is -0.141. The quantitative estimate of drug-likeness (QED) is 0.0846. The molecule has 0 aromatic carbocycles. The fourth-order valence-corrected chi connectivity index (χ4v) is 3.94. The van der Waals surface area contributed by atoms with E-state index in [-0.39, 0.29) is 4.31 Å². The molecule has 0 radical (unpaired) electrons. The number of nitrogens with one attached hydrogen (secondary N) is 3. The van der Waals surface area contributed by atoms with Crippen LogP contribution in [0.4, 0.5) is 0 Å². The molecule has 1 heterocycles. The topological polar surface area (TPSA) is 184 Å². The Labute approximate surface area is 168 Å². The van der Waals surface area contributed by atoms with Crippen molar-refractivity contribution in [3.8, 4) is 0 Å². The molecule has 0 spiro atoms. The van der Waals surface area contributed by atoms with Crippen LogP contribution < -0.4 is 16.0 Å². The highest BCUT2D eigenvalue weighted by molar-refractivity contribution is 8.03. The Balaban J connectivity index is 2.95. The van der Waals surface area contributed by atoms with Crippen LogP contribution in [0.2, 0.25) is 0 Å². The van der Waals surface area contributed by atoms with E-state index in [9.17, 15) is 27.6 Å². The molecule has 0 bridgehead atoms. The van der Waals surface area contributed by atoms with Gasteiger partial charge < -0.3 is 20.8 Å². The van der Waals surface area contributed by atoms with Gasteiger partial charge in [0.1, 0.15) is 24.4 Å². The summed E-state index contributed by atoms with van der Waals surface area (Å²) in [5.74, 6) is -4.47. The minimum absolute atomic E-state index is 0.144. The predicted octanol–water partition coefficient (Wildman–Crippen LogP) is -1.90. The van der Waals surface area contributed by atoms with Gasteiger partial charge >= 0.3 is 10.3 Å². The number of carbonyl (C=O) groups is 4. The van der Waals surface area contributed by atoms with E-state index in [0.717, 1.165) is 7.11 Å². The van der Waals surface area contributed by atoms with Crippen LogP contribution in [0.15, 0.2) is 16.8 Å². The number of nitrogens with zero attached hydrogens (tertiary/aromatic N) is 2. The van der Waals surface area contributed by atoms with Gasteiger partial charge in [-0.25, -0.2) is 0 Å². The molecule has 1 fully saturated rings. The molecule has 4 amide bonds. The van der Waals surface area contributed by atoms with E-state index in [1.165, 1.54) is 18.5 Å². The van der Waals surface area contributed by atoms with Crippen molar-refractivity contribution in [2.45, 2.75) is 18.3 Å². The molecule has 16 heteroatoms. The number of amides is 4. The molecule has 0 aromatic rings. The second-order valence-electron chi connectivity index (χ2n) is 4.90. The van der Waals surface area contributed by atoms with Gasteiger partial charge in [-0.05, 0) is 5.41 Å². The van der Waals surface area contributed by atoms with Crippen molar-refractivity contribution in [1.29, 1.82) is 0 Å². The van der Waals surface area contributed by atoms with Crippen molar-refractivity contribution in [2.75, 3.05) is 13.0 Å². The van der Waals surface area contributed by atoms with Crippen LogP contribution in [0.25, 0.3) is 0 Å². The molecule has 1 aliphatic rings. The number of rotatable bonds is 7. The Hall–Kier alpha value is -2.36. The van der Waals surface area contributed by atoms with Crippen LogP contribution in [0.3, 0.4) is 0 Å². The average Bonchev–Trinajstić information content (AvgIpc) is 2.59. The molecular weight excluding hydrogens is 442 g/mol. The molecule has 1 aliphatic heterocycles. The van der Waals surface area contributed by atoms with Crippen LogP contribution in [-0.4, -0.2) is 71.1 Å². The van der Waals surface area contributed by atoms with Gasteiger partial charge in [-0.2, -0.15) is 12.7 Å². The van der Waals surface area contributed by atoms with Gasteiger partial charge in [-0.15, -0.1) is 23.4 Å². The summed E-state index contributed by atoms with van der Waals surface area (Å²) in [5, 5.41) is 9.77. The summed E-state index contributed by atoms with van der Waals surface area (Å²) in [5.41, 5.74) is 0. The highest BCUT2D eigenvalue weighted by atomic mass is 35.5. The highest BCUT2D eigenvalue weighted by Gasteiger charge is 2.54.